The highest BCUT2D eigenvalue weighted by Crippen LogP contribution is 2.29. The fourth-order valence-electron chi connectivity index (χ4n) is 1.68. The van der Waals surface area contributed by atoms with Gasteiger partial charge < -0.3 is 10.1 Å². The van der Waals surface area contributed by atoms with Crippen LogP contribution in [0.1, 0.15) is 13.8 Å². The number of ether oxygens (including phenoxy) is 1. The van der Waals surface area contributed by atoms with E-state index in [1.807, 2.05) is 39.1 Å². The van der Waals surface area contributed by atoms with E-state index in [2.05, 4.69) is 23.5 Å². The van der Waals surface area contributed by atoms with Crippen molar-refractivity contribution in [2.45, 2.75) is 13.8 Å². The highest BCUT2D eigenvalue weighted by Gasteiger charge is 2.02. The number of hydrogen-bond acceptors (Lipinski definition) is 2. The summed E-state index contributed by atoms with van der Waals surface area (Å²) in [7, 11) is 3.62. The minimum absolute atomic E-state index is 0.916. The normalized spacial score (nSPS) is 9.25. The molecular weight excluding hydrogens is 198 g/mol. The van der Waals surface area contributed by atoms with Crippen molar-refractivity contribution in [3.63, 3.8) is 0 Å². The molecule has 0 aliphatic carbocycles. The SMILES string of the molecule is CC.CNc1cccc2c(OC)cccc12. The Hall–Kier alpha value is -1.70. The number of hydrogen-bond donors (Lipinski definition) is 1. The summed E-state index contributed by atoms with van der Waals surface area (Å²) in [5.41, 5.74) is 1.13. The topological polar surface area (TPSA) is 21.3 Å². The van der Waals surface area contributed by atoms with Gasteiger partial charge in [0, 0.05) is 23.5 Å². The minimum atomic E-state index is 0.916. The van der Waals surface area contributed by atoms with Crippen molar-refractivity contribution >= 4 is 16.5 Å². The molecule has 2 rings (SSSR count). The molecule has 0 aliphatic heterocycles. The molecule has 0 fully saturated rings. The van der Waals surface area contributed by atoms with Crippen molar-refractivity contribution in [3.8, 4) is 5.75 Å². The van der Waals surface area contributed by atoms with Crippen LogP contribution in [0.5, 0.6) is 5.75 Å². The Labute approximate surface area is 97.2 Å². The standard InChI is InChI=1S/C12H13NO.C2H6/c1-13-11-7-3-6-10-9(11)5-4-8-12(10)14-2;1-2/h3-8,13H,1-2H3;1-2H3. The molecule has 0 unspecified atom stereocenters. The van der Waals surface area contributed by atoms with Crippen LogP contribution in [0.2, 0.25) is 0 Å². The average molecular weight is 217 g/mol. The zero-order chi connectivity index (χ0) is 12.0. The Balaban J connectivity index is 0.000000606. The maximum Gasteiger partial charge on any atom is 0.126 e. The lowest BCUT2D eigenvalue weighted by Gasteiger charge is -2.08. The van der Waals surface area contributed by atoms with Crippen molar-refractivity contribution in [2.75, 3.05) is 19.5 Å². The van der Waals surface area contributed by atoms with E-state index >= 15 is 0 Å². The van der Waals surface area contributed by atoms with Gasteiger partial charge in [-0.15, -0.1) is 0 Å². The molecule has 16 heavy (non-hydrogen) atoms. The molecule has 0 spiro atoms. The van der Waals surface area contributed by atoms with Crippen molar-refractivity contribution in [2.24, 2.45) is 0 Å². The summed E-state index contributed by atoms with van der Waals surface area (Å²) in [5.74, 6) is 0.916. The van der Waals surface area contributed by atoms with E-state index in [4.69, 9.17) is 4.74 Å². The van der Waals surface area contributed by atoms with Gasteiger partial charge in [-0.05, 0) is 12.1 Å². The van der Waals surface area contributed by atoms with Gasteiger partial charge in [-0.25, -0.2) is 0 Å². The summed E-state index contributed by atoms with van der Waals surface area (Å²) in [5, 5.41) is 5.50. The van der Waals surface area contributed by atoms with E-state index < -0.39 is 0 Å². The van der Waals surface area contributed by atoms with Crippen LogP contribution in [-0.4, -0.2) is 14.2 Å². The third kappa shape index (κ3) is 2.27. The van der Waals surface area contributed by atoms with E-state index in [0.717, 1.165) is 16.8 Å². The molecular formula is C14H19NO. The second-order valence-corrected chi connectivity index (χ2v) is 3.11. The maximum atomic E-state index is 5.30. The van der Waals surface area contributed by atoms with Crippen LogP contribution >= 0.6 is 0 Å². The first kappa shape index (κ1) is 12.4. The summed E-state index contributed by atoms with van der Waals surface area (Å²) in [4.78, 5) is 0. The lowest BCUT2D eigenvalue weighted by molar-refractivity contribution is 0.420. The molecule has 0 saturated heterocycles. The molecule has 0 radical (unpaired) electrons. The van der Waals surface area contributed by atoms with Crippen LogP contribution in [0, 0.1) is 0 Å². The monoisotopic (exact) mass is 217 g/mol. The van der Waals surface area contributed by atoms with Gasteiger partial charge in [0.1, 0.15) is 5.75 Å². The third-order valence-electron chi connectivity index (χ3n) is 2.37. The Kier molecular flexibility index (Phi) is 4.65. The largest absolute Gasteiger partial charge is 0.496 e. The Morgan fingerprint density at radius 2 is 1.56 bits per heavy atom. The molecule has 0 aromatic heterocycles. The van der Waals surface area contributed by atoms with Crippen LogP contribution in [0.15, 0.2) is 36.4 Å². The van der Waals surface area contributed by atoms with Gasteiger partial charge in [0.2, 0.25) is 0 Å². The van der Waals surface area contributed by atoms with Crippen molar-refractivity contribution < 1.29 is 4.74 Å². The fourth-order valence-corrected chi connectivity index (χ4v) is 1.68. The number of nitrogens with one attached hydrogen (secondary N) is 1. The van der Waals surface area contributed by atoms with Crippen LogP contribution < -0.4 is 10.1 Å². The smallest absolute Gasteiger partial charge is 0.126 e. The van der Waals surface area contributed by atoms with Gasteiger partial charge in [0.15, 0.2) is 0 Å². The number of methoxy groups -OCH3 is 1. The summed E-state index contributed by atoms with van der Waals surface area (Å²) < 4.78 is 5.30. The van der Waals surface area contributed by atoms with E-state index in [1.165, 1.54) is 5.39 Å². The predicted molar refractivity (Wildman–Crippen MR) is 71.4 cm³/mol. The molecule has 0 amide bonds. The summed E-state index contributed by atoms with van der Waals surface area (Å²) in [6.07, 6.45) is 0. The number of rotatable bonds is 2. The maximum absolute atomic E-state index is 5.30. The van der Waals surface area contributed by atoms with E-state index in [1.54, 1.807) is 7.11 Å². The van der Waals surface area contributed by atoms with E-state index in [-0.39, 0.29) is 0 Å². The minimum Gasteiger partial charge on any atom is -0.496 e. The van der Waals surface area contributed by atoms with Crippen molar-refractivity contribution in [1.82, 2.24) is 0 Å². The summed E-state index contributed by atoms with van der Waals surface area (Å²) >= 11 is 0. The van der Waals surface area contributed by atoms with Gasteiger partial charge >= 0.3 is 0 Å². The van der Waals surface area contributed by atoms with Crippen molar-refractivity contribution in [1.29, 1.82) is 0 Å². The molecule has 0 aliphatic rings. The Morgan fingerprint density at radius 1 is 0.938 bits per heavy atom. The second-order valence-electron chi connectivity index (χ2n) is 3.11. The second kappa shape index (κ2) is 6.01. The Morgan fingerprint density at radius 3 is 2.19 bits per heavy atom. The fraction of sp³-hybridized carbons (Fsp3) is 0.286. The lowest BCUT2D eigenvalue weighted by Crippen LogP contribution is -1.90. The number of fused-ring (bicyclic) bond motifs is 1. The molecule has 0 bridgehead atoms. The average Bonchev–Trinajstić information content (AvgIpc) is 2.39. The highest BCUT2D eigenvalue weighted by atomic mass is 16.5. The van der Waals surface area contributed by atoms with Crippen LogP contribution in [-0.2, 0) is 0 Å². The molecule has 86 valence electrons. The third-order valence-corrected chi connectivity index (χ3v) is 2.37. The first-order valence-corrected chi connectivity index (χ1v) is 5.60. The predicted octanol–water partition coefficient (Wildman–Crippen LogP) is 3.92. The zero-order valence-electron chi connectivity index (χ0n) is 10.4. The van der Waals surface area contributed by atoms with Gasteiger partial charge in [0.25, 0.3) is 0 Å². The molecule has 0 heterocycles. The first-order chi connectivity index (χ1) is 7.86. The van der Waals surface area contributed by atoms with Gasteiger partial charge in [-0.3, -0.25) is 0 Å². The molecule has 2 aromatic rings. The van der Waals surface area contributed by atoms with Crippen LogP contribution in [0.3, 0.4) is 0 Å². The van der Waals surface area contributed by atoms with E-state index in [0.29, 0.717) is 0 Å². The number of benzene rings is 2. The van der Waals surface area contributed by atoms with E-state index in [9.17, 15) is 0 Å². The highest BCUT2D eigenvalue weighted by molar-refractivity contribution is 5.97. The molecule has 1 N–H and O–H groups in total. The van der Waals surface area contributed by atoms with Crippen molar-refractivity contribution in [3.05, 3.63) is 36.4 Å². The molecule has 2 aromatic carbocycles. The van der Waals surface area contributed by atoms with Crippen LogP contribution in [0.4, 0.5) is 5.69 Å². The first-order valence-electron chi connectivity index (χ1n) is 5.60. The molecule has 2 nitrogen and oxygen atoms in total. The molecule has 0 atom stereocenters. The quantitative estimate of drug-likeness (QED) is 0.823. The van der Waals surface area contributed by atoms with Crippen LogP contribution in [0.25, 0.3) is 10.8 Å². The zero-order valence-corrected chi connectivity index (χ0v) is 10.4. The Bertz CT molecular complexity index is 408. The van der Waals surface area contributed by atoms with Gasteiger partial charge in [-0.1, -0.05) is 38.1 Å². The molecule has 2 heteroatoms. The molecule has 0 saturated carbocycles. The summed E-state index contributed by atoms with van der Waals surface area (Å²) in [6, 6.07) is 12.2. The van der Waals surface area contributed by atoms with Gasteiger partial charge in [-0.2, -0.15) is 0 Å². The van der Waals surface area contributed by atoms with Gasteiger partial charge in [0.05, 0.1) is 7.11 Å². The summed E-state index contributed by atoms with van der Waals surface area (Å²) in [6.45, 7) is 4.00. The lowest BCUT2D eigenvalue weighted by atomic mass is 10.1. The number of anilines is 1.